The van der Waals surface area contributed by atoms with Crippen LogP contribution in [0.4, 0.5) is 0 Å². The largest absolute Gasteiger partial charge is 0.378 e. The Balaban J connectivity index is 1.91. The first-order valence-electron chi connectivity index (χ1n) is 6.27. The monoisotopic (exact) mass is 197 g/mol. The van der Waals surface area contributed by atoms with Crippen molar-refractivity contribution in [3.05, 3.63) is 0 Å². The predicted octanol–water partition coefficient (Wildman–Crippen LogP) is 2.33. The maximum atomic E-state index is 5.77. The molecule has 0 saturated carbocycles. The van der Waals surface area contributed by atoms with Crippen molar-refractivity contribution < 1.29 is 4.74 Å². The SMILES string of the molecule is CCC1OCCC1C1CCCCCN1. The van der Waals surface area contributed by atoms with Gasteiger partial charge >= 0.3 is 0 Å². The maximum absolute atomic E-state index is 5.77. The molecule has 14 heavy (non-hydrogen) atoms. The molecule has 3 atom stereocenters. The number of nitrogens with one attached hydrogen (secondary N) is 1. The lowest BCUT2D eigenvalue weighted by atomic mass is 9.89. The number of rotatable bonds is 2. The minimum Gasteiger partial charge on any atom is -0.378 e. The molecule has 0 aromatic rings. The Morgan fingerprint density at radius 1 is 1.21 bits per heavy atom. The summed E-state index contributed by atoms with van der Waals surface area (Å²) in [6.07, 6.45) is 8.54. The molecule has 0 aliphatic carbocycles. The Labute approximate surface area is 87.4 Å². The quantitative estimate of drug-likeness (QED) is 0.733. The van der Waals surface area contributed by atoms with Gasteiger partial charge in [-0.15, -0.1) is 0 Å². The lowest BCUT2D eigenvalue weighted by Crippen LogP contribution is -2.39. The Morgan fingerprint density at radius 2 is 2.14 bits per heavy atom. The van der Waals surface area contributed by atoms with Crippen LogP contribution in [0.1, 0.15) is 45.4 Å². The molecule has 0 amide bonds. The fraction of sp³-hybridized carbons (Fsp3) is 1.00. The van der Waals surface area contributed by atoms with Crippen molar-refractivity contribution in [2.45, 2.75) is 57.6 Å². The summed E-state index contributed by atoms with van der Waals surface area (Å²) < 4.78 is 5.77. The van der Waals surface area contributed by atoms with Crippen LogP contribution in [0.25, 0.3) is 0 Å². The second-order valence-electron chi connectivity index (χ2n) is 4.68. The molecule has 1 N–H and O–H groups in total. The predicted molar refractivity (Wildman–Crippen MR) is 58.4 cm³/mol. The van der Waals surface area contributed by atoms with Gasteiger partial charge in [-0.2, -0.15) is 0 Å². The zero-order valence-corrected chi connectivity index (χ0v) is 9.30. The fourth-order valence-corrected chi connectivity index (χ4v) is 2.97. The van der Waals surface area contributed by atoms with E-state index in [1.54, 1.807) is 0 Å². The molecular formula is C12H23NO. The van der Waals surface area contributed by atoms with Crippen LogP contribution in [0.2, 0.25) is 0 Å². The molecule has 0 aromatic heterocycles. The third kappa shape index (κ3) is 2.29. The standard InChI is InChI=1S/C12H23NO/c1-2-12-10(7-9-14-12)11-6-4-3-5-8-13-11/h10-13H,2-9H2,1H3. The second kappa shape index (κ2) is 5.13. The minimum atomic E-state index is 0.533. The maximum Gasteiger partial charge on any atom is 0.0616 e. The second-order valence-corrected chi connectivity index (χ2v) is 4.68. The summed E-state index contributed by atoms with van der Waals surface area (Å²) >= 11 is 0. The van der Waals surface area contributed by atoms with Gasteiger partial charge in [0.2, 0.25) is 0 Å². The lowest BCUT2D eigenvalue weighted by Gasteiger charge is -2.26. The Kier molecular flexibility index (Phi) is 3.82. The van der Waals surface area contributed by atoms with Gasteiger partial charge in [0.1, 0.15) is 0 Å². The molecule has 2 rings (SSSR count). The molecule has 2 heterocycles. The van der Waals surface area contributed by atoms with E-state index in [9.17, 15) is 0 Å². The molecule has 0 radical (unpaired) electrons. The first-order valence-corrected chi connectivity index (χ1v) is 6.27. The molecule has 0 spiro atoms. The van der Waals surface area contributed by atoms with Crippen molar-refractivity contribution in [2.24, 2.45) is 5.92 Å². The molecule has 2 aliphatic rings. The van der Waals surface area contributed by atoms with Gasteiger partial charge in [-0.3, -0.25) is 0 Å². The van der Waals surface area contributed by atoms with Crippen LogP contribution in [0.15, 0.2) is 0 Å². The molecular weight excluding hydrogens is 174 g/mol. The normalized spacial score (nSPS) is 39.6. The van der Waals surface area contributed by atoms with Crippen LogP contribution in [0.5, 0.6) is 0 Å². The van der Waals surface area contributed by atoms with E-state index < -0.39 is 0 Å². The molecule has 2 heteroatoms. The molecule has 2 aliphatic heterocycles. The van der Waals surface area contributed by atoms with Crippen molar-refractivity contribution in [2.75, 3.05) is 13.2 Å². The third-order valence-corrected chi connectivity index (χ3v) is 3.78. The van der Waals surface area contributed by atoms with Gasteiger partial charge in [0.15, 0.2) is 0 Å². The topological polar surface area (TPSA) is 21.3 Å². The summed E-state index contributed by atoms with van der Waals surface area (Å²) in [7, 11) is 0. The molecule has 2 fully saturated rings. The highest BCUT2D eigenvalue weighted by molar-refractivity contribution is 4.86. The van der Waals surface area contributed by atoms with Crippen molar-refractivity contribution >= 4 is 0 Å². The van der Waals surface area contributed by atoms with Crippen LogP contribution in [0.3, 0.4) is 0 Å². The van der Waals surface area contributed by atoms with Crippen LogP contribution in [0, 0.1) is 5.92 Å². The van der Waals surface area contributed by atoms with Crippen molar-refractivity contribution in [3.8, 4) is 0 Å². The van der Waals surface area contributed by atoms with E-state index in [0.29, 0.717) is 6.10 Å². The van der Waals surface area contributed by atoms with Gasteiger partial charge in [0, 0.05) is 18.6 Å². The van der Waals surface area contributed by atoms with E-state index >= 15 is 0 Å². The molecule has 82 valence electrons. The van der Waals surface area contributed by atoms with E-state index in [0.717, 1.165) is 18.6 Å². The summed E-state index contributed by atoms with van der Waals surface area (Å²) in [5.74, 6) is 0.790. The van der Waals surface area contributed by atoms with E-state index in [2.05, 4.69) is 12.2 Å². The van der Waals surface area contributed by atoms with Crippen molar-refractivity contribution in [3.63, 3.8) is 0 Å². The number of ether oxygens (including phenoxy) is 1. The summed E-state index contributed by atoms with van der Waals surface area (Å²) in [4.78, 5) is 0. The molecule has 2 saturated heterocycles. The van der Waals surface area contributed by atoms with Gasteiger partial charge in [-0.05, 0) is 32.2 Å². The zero-order chi connectivity index (χ0) is 9.80. The fourth-order valence-electron chi connectivity index (χ4n) is 2.97. The summed E-state index contributed by atoms with van der Waals surface area (Å²) in [5, 5.41) is 3.71. The molecule has 0 bridgehead atoms. The van der Waals surface area contributed by atoms with Gasteiger partial charge in [-0.1, -0.05) is 19.8 Å². The third-order valence-electron chi connectivity index (χ3n) is 3.78. The molecule has 3 unspecified atom stereocenters. The van der Waals surface area contributed by atoms with Gasteiger partial charge in [0.25, 0.3) is 0 Å². The highest BCUT2D eigenvalue weighted by Gasteiger charge is 2.33. The highest BCUT2D eigenvalue weighted by atomic mass is 16.5. The van der Waals surface area contributed by atoms with Crippen LogP contribution >= 0.6 is 0 Å². The first kappa shape index (κ1) is 10.4. The van der Waals surface area contributed by atoms with Crippen molar-refractivity contribution in [1.29, 1.82) is 0 Å². The van der Waals surface area contributed by atoms with Gasteiger partial charge in [0.05, 0.1) is 6.10 Å². The van der Waals surface area contributed by atoms with Crippen LogP contribution < -0.4 is 5.32 Å². The lowest BCUT2D eigenvalue weighted by molar-refractivity contribution is 0.0770. The number of hydrogen-bond donors (Lipinski definition) is 1. The Morgan fingerprint density at radius 3 is 3.00 bits per heavy atom. The number of hydrogen-bond acceptors (Lipinski definition) is 2. The Bertz CT molecular complexity index is 164. The molecule has 0 aromatic carbocycles. The minimum absolute atomic E-state index is 0.533. The average molecular weight is 197 g/mol. The smallest absolute Gasteiger partial charge is 0.0616 e. The Hall–Kier alpha value is -0.0800. The van der Waals surface area contributed by atoms with Gasteiger partial charge < -0.3 is 10.1 Å². The summed E-state index contributed by atoms with van der Waals surface area (Å²) in [5.41, 5.74) is 0. The van der Waals surface area contributed by atoms with Crippen LogP contribution in [-0.2, 0) is 4.74 Å². The van der Waals surface area contributed by atoms with E-state index in [4.69, 9.17) is 4.74 Å². The average Bonchev–Trinajstić information content (AvgIpc) is 2.52. The van der Waals surface area contributed by atoms with Crippen LogP contribution in [-0.4, -0.2) is 25.3 Å². The highest BCUT2D eigenvalue weighted by Crippen LogP contribution is 2.29. The van der Waals surface area contributed by atoms with Gasteiger partial charge in [-0.25, -0.2) is 0 Å². The zero-order valence-electron chi connectivity index (χ0n) is 9.30. The van der Waals surface area contributed by atoms with E-state index in [1.807, 2.05) is 0 Å². The summed E-state index contributed by atoms with van der Waals surface area (Å²) in [6, 6.07) is 0.741. The van der Waals surface area contributed by atoms with E-state index in [-0.39, 0.29) is 0 Å². The molecule has 2 nitrogen and oxygen atoms in total. The summed E-state index contributed by atoms with van der Waals surface area (Å²) in [6.45, 7) is 4.46. The van der Waals surface area contributed by atoms with Crippen molar-refractivity contribution in [1.82, 2.24) is 5.32 Å². The van der Waals surface area contributed by atoms with E-state index in [1.165, 1.54) is 45.1 Å². The first-order chi connectivity index (χ1) is 6.92.